The Balaban J connectivity index is 1.77. The van der Waals surface area contributed by atoms with Gasteiger partial charge in [-0.25, -0.2) is 0 Å². The van der Waals surface area contributed by atoms with Gasteiger partial charge in [0.15, 0.2) is 0 Å². The van der Waals surface area contributed by atoms with Crippen molar-refractivity contribution in [1.29, 1.82) is 0 Å². The molecule has 0 aromatic heterocycles. The minimum atomic E-state index is -4.22. The molecule has 1 aliphatic heterocycles. The zero-order valence-electron chi connectivity index (χ0n) is 11.4. The predicted molar refractivity (Wildman–Crippen MR) is 70.1 cm³/mol. The number of morpholine rings is 1. The van der Waals surface area contributed by atoms with Crippen molar-refractivity contribution in [3.05, 3.63) is 35.4 Å². The van der Waals surface area contributed by atoms with E-state index in [4.69, 9.17) is 4.74 Å². The van der Waals surface area contributed by atoms with Crippen molar-refractivity contribution < 1.29 is 22.7 Å². The molecular formula is C15H16F3NO2. The van der Waals surface area contributed by atoms with Crippen LogP contribution in [0, 0.1) is 0 Å². The molecule has 2 fully saturated rings. The Morgan fingerprint density at radius 3 is 2.14 bits per heavy atom. The SMILES string of the molecule is O=C(c1ccc(C2(C(F)(F)F)CC2)cc1)N1CCOCC1. The van der Waals surface area contributed by atoms with E-state index in [0.29, 0.717) is 31.9 Å². The molecule has 0 atom stereocenters. The highest BCUT2D eigenvalue weighted by Crippen LogP contribution is 2.58. The lowest BCUT2D eigenvalue weighted by Gasteiger charge is -2.27. The number of alkyl halides is 3. The van der Waals surface area contributed by atoms with E-state index in [-0.39, 0.29) is 24.3 Å². The van der Waals surface area contributed by atoms with E-state index in [1.54, 1.807) is 4.90 Å². The van der Waals surface area contributed by atoms with E-state index in [1.165, 1.54) is 24.3 Å². The summed E-state index contributed by atoms with van der Waals surface area (Å²) >= 11 is 0. The summed E-state index contributed by atoms with van der Waals surface area (Å²) in [6.07, 6.45) is -3.96. The van der Waals surface area contributed by atoms with Gasteiger partial charge >= 0.3 is 6.18 Å². The number of carbonyl (C=O) groups is 1. The van der Waals surface area contributed by atoms with Crippen molar-refractivity contribution in [2.24, 2.45) is 0 Å². The van der Waals surface area contributed by atoms with Crippen LogP contribution in [0.4, 0.5) is 13.2 Å². The van der Waals surface area contributed by atoms with Crippen LogP contribution in [0.5, 0.6) is 0 Å². The zero-order chi connectivity index (χ0) is 15.1. The first kappa shape index (κ1) is 14.4. The number of ether oxygens (including phenoxy) is 1. The summed E-state index contributed by atoms with van der Waals surface area (Å²) in [6, 6.07) is 5.88. The standard InChI is InChI=1S/C15H16F3NO2/c16-15(17,18)14(5-6-14)12-3-1-11(2-4-12)13(20)19-7-9-21-10-8-19/h1-4H,5-10H2. The van der Waals surface area contributed by atoms with E-state index in [9.17, 15) is 18.0 Å². The van der Waals surface area contributed by atoms with Gasteiger partial charge in [-0.05, 0) is 30.5 Å². The summed E-state index contributed by atoms with van der Waals surface area (Å²) in [5, 5.41) is 0. The molecule has 1 aliphatic carbocycles. The van der Waals surface area contributed by atoms with Gasteiger partial charge in [-0.3, -0.25) is 4.79 Å². The Morgan fingerprint density at radius 1 is 1.10 bits per heavy atom. The van der Waals surface area contributed by atoms with Crippen molar-refractivity contribution in [2.45, 2.75) is 24.4 Å². The van der Waals surface area contributed by atoms with E-state index < -0.39 is 11.6 Å². The van der Waals surface area contributed by atoms with Crippen LogP contribution < -0.4 is 0 Å². The van der Waals surface area contributed by atoms with Crippen molar-refractivity contribution in [2.75, 3.05) is 26.3 Å². The van der Waals surface area contributed by atoms with Crippen LogP contribution in [0.2, 0.25) is 0 Å². The molecule has 21 heavy (non-hydrogen) atoms. The van der Waals surface area contributed by atoms with Crippen LogP contribution in [0.25, 0.3) is 0 Å². The van der Waals surface area contributed by atoms with Crippen LogP contribution >= 0.6 is 0 Å². The molecule has 2 aliphatic rings. The maximum absolute atomic E-state index is 13.0. The first-order valence-electron chi connectivity index (χ1n) is 6.98. The van der Waals surface area contributed by atoms with Crippen LogP contribution in [0.3, 0.4) is 0 Å². The number of hydrogen-bond donors (Lipinski definition) is 0. The Morgan fingerprint density at radius 2 is 1.67 bits per heavy atom. The number of amides is 1. The summed E-state index contributed by atoms with van der Waals surface area (Å²) in [6.45, 7) is 2.04. The molecule has 1 saturated heterocycles. The quantitative estimate of drug-likeness (QED) is 0.840. The lowest BCUT2D eigenvalue weighted by Crippen LogP contribution is -2.40. The van der Waals surface area contributed by atoms with E-state index in [2.05, 4.69) is 0 Å². The van der Waals surface area contributed by atoms with Crippen molar-refractivity contribution in [1.82, 2.24) is 4.90 Å². The Hall–Kier alpha value is -1.56. The lowest BCUT2D eigenvalue weighted by atomic mass is 9.94. The molecule has 0 N–H and O–H groups in total. The minimum Gasteiger partial charge on any atom is -0.378 e. The first-order valence-corrected chi connectivity index (χ1v) is 6.98. The van der Waals surface area contributed by atoms with Gasteiger partial charge < -0.3 is 9.64 Å². The Bertz CT molecular complexity index is 529. The minimum absolute atomic E-state index is 0.132. The molecule has 1 saturated carbocycles. The molecule has 1 heterocycles. The number of carbonyl (C=O) groups excluding carboxylic acids is 1. The van der Waals surface area contributed by atoms with Crippen molar-refractivity contribution in [3.8, 4) is 0 Å². The molecule has 0 bridgehead atoms. The van der Waals surface area contributed by atoms with Gasteiger partial charge in [0.1, 0.15) is 0 Å². The van der Waals surface area contributed by atoms with Gasteiger partial charge in [-0.2, -0.15) is 13.2 Å². The highest BCUT2D eigenvalue weighted by atomic mass is 19.4. The third kappa shape index (κ3) is 2.52. The fraction of sp³-hybridized carbons (Fsp3) is 0.533. The summed E-state index contributed by atoms with van der Waals surface area (Å²) in [5.41, 5.74) is -1.000. The van der Waals surface area contributed by atoms with Gasteiger partial charge in [0.25, 0.3) is 5.91 Å². The summed E-state index contributed by atoms with van der Waals surface area (Å²) in [7, 11) is 0. The number of halogens is 3. The molecular weight excluding hydrogens is 283 g/mol. The monoisotopic (exact) mass is 299 g/mol. The van der Waals surface area contributed by atoms with E-state index in [0.717, 1.165) is 0 Å². The average molecular weight is 299 g/mol. The number of benzene rings is 1. The molecule has 114 valence electrons. The van der Waals surface area contributed by atoms with Crippen LogP contribution in [-0.4, -0.2) is 43.3 Å². The van der Waals surface area contributed by atoms with Gasteiger partial charge in [0.05, 0.1) is 18.6 Å². The fourth-order valence-corrected chi connectivity index (χ4v) is 2.74. The molecule has 3 rings (SSSR count). The highest BCUT2D eigenvalue weighted by Gasteiger charge is 2.64. The number of rotatable bonds is 2. The highest BCUT2D eigenvalue weighted by molar-refractivity contribution is 5.94. The zero-order valence-corrected chi connectivity index (χ0v) is 11.4. The molecule has 1 amide bonds. The molecule has 0 spiro atoms. The third-order valence-corrected chi connectivity index (χ3v) is 4.28. The fourth-order valence-electron chi connectivity index (χ4n) is 2.74. The maximum Gasteiger partial charge on any atom is 0.398 e. The molecule has 1 aromatic carbocycles. The average Bonchev–Trinajstić information content (AvgIpc) is 3.29. The second-order valence-corrected chi connectivity index (χ2v) is 5.56. The topological polar surface area (TPSA) is 29.5 Å². The smallest absolute Gasteiger partial charge is 0.378 e. The molecule has 0 unspecified atom stereocenters. The van der Waals surface area contributed by atoms with Crippen molar-refractivity contribution in [3.63, 3.8) is 0 Å². The molecule has 6 heteroatoms. The molecule has 3 nitrogen and oxygen atoms in total. The van der Waals surface area contributed by atoms with Gasteiger partial charge in [-0.1, -0.05) is 12.1 Å². The molecule has 0 radical (unpaired) electrons. The Kier molecular flexibility index (Phi) is 3.43. The third-order valence-electron chi connectivity index (χ3n) is 4.28. The van der Waals surface area contributed by atoms with E-state index >= 15 is 0 Å². The summed E-state index contributed by atoms with van der Waals surface area (Å²) in [5.74, 6) is -0.151. The van der Waals surface area contributed by atoms with Crippen LogP contribution in [0.15, 0.2) is 24.3 Å². The first-order chi connectivity index (χ1) is 9.94. The summed E-state index contributed by atoms with van der Waals surface area (Å²) in [4.78, 5) is 13.9. The number of hydrogen-bond acceptors (Lipinski definition) is 2. The van der Waals surface area contributed by atoms with Gasteiger partial charge in [0.2, 0.25) is 0 Å². The van der Waals surface area contributed by atoms with Crippen LogP contribution in [0.1, 0.15) is 28.8 Å². The number of nitrogens with zero attached hydrogens (tertiary/aromatic N) is 1. The van der Waals surface area contributed by atoms with Gasteiger partial charge in [0, 0.05) is 18.7 Å². The van der Waals surface area contributed by atoms with Gasteiger partial charge in [-0.15, -0.1) is 0 Å². The molecule has 1 aromatic rings. The second-order valence-electron chi connectivity index (χ2n) is 5.56. The van der Waals surface area contributed by atoms with E-state index in [1.807, 2.05) is 0 Å². The predicted octanol–water partition coefficient (Wildman–Crippen LogP) is 2.75. The maximum atomic E-state index is 13.0. The van der Waals surface area contributed by atoms with Crippen LogP contribution in [-0.2, 0) is 10.2 Å². The Labute approximate surface area is 120 Å². The largest absolute Gasteiger partial charge is 0.398 e. The second kappa shape index (κ2) is 5.02. The van der Waals surface area contributed by atoms with Crippen molar-refractivity contribution >= 4 is 5.91 Å². The summed E-state index contributed by atoms with van der Waals surface area (Å²) < 4.78 is 44.3. The lowest BCUT2D eigenvalue weighted by molar-refractivity contribution is -0.160. The normalized spacial score (nSPS) is 21.2.